The van der Waals surface area contributed by atoms with Gasteiger partial charge in [-0.1, -0.05) is 25.5 Å². The second-order valence-electron chi connectivity index (χ2n) is 6.49. The molecule has 134 valence electrons. The molecule has 0 aliphatic carbocycles. The number of fused-ring (bicyclic) bond motifs is 1. The quantitative estimate of drug-likeness (QED) is 0.836. The number of aryl methyl sites for hydroxylation is 1. The Morgan fingerprint density at radius 1 is 1.20 bits per heavy atom. The van der Waals surface area contributed by atoms with Crippen LogP contribution < -0.4 is 15.2 Å². The van der Waals surface area contributed by atoms with Gasteiger partial charge in [-0.15, -0.1) is 0 Å². The Balaban J connectivity index is 2.13. The van der Waals surface area contributed by atoms with Crippen LogP contribution in [-0.4, -0.2) is 34.8 Å². The predicted octanol–water partition coefficient (Wildman–Crippen LogP) is 3.04. The SMILES string of the molecule is CCCCN1CN(c2ccccc2OC)c2nc(C)c(C)c(=O)n2C1. The summed E-state index contributed by atoms with van der Waals surface area (Å²) < 4.78 is 7.31. The summed E-state index contributed by atoms with van der Waals surface area (Å²) in [6, 6.07) is 7.87. The number of para-hydroxylation sites is 2. The molecule has 0 unspecified atom stereocenters. The maximum atomic E-state index is 12.8. The van der Waals surface area contributed by atoms with Gasteiger partial charge in [0.2, 0.25) is 5.95 Å². The number of benzene rings is 1. The molecule has 0 fully saturated rings. The number of hydrogen-bond acceptors (Lipinski definition) is 5. The Kier molecular flexibility index (Phi) is 5.08. The number of rotatable bonds is 5. The van der Waals surface area contributed by atoms with E-state index in [-0.39, 0.29) is 5.56 Å². The van der Waals surface area contributed by atoms with Crippen molar-refractivity contribution >= 4 is 11.6 Å². The molecule has 0 radical (unpaired) electrons. The van der Waals surface area contributed by atoms with Crippen LogP contribution in [0.3, 0.4) is 0 Å². The molecule has 0 bridgehead atoms. The van der Waals surface area contributed by atoms with Gasteiger partial charge in [-0.3, -0.25) is 19.2 Å². The van der Waals surface area contributed by atoms with Gasteiger partial charge < -0.3 is 4.74 Å². The van der Waals surface area contributed by atoms with Crippen molar-refractivity contribution in [2.75, 3.05) is 25.2 Å². The van der Waals surface area contributed by atoms with Crippen molar-refractivity contribution in [2.24, 2.45) is 0 Å². The largest absolute Gasteiger partial charge is 0.495 e. The summed E-state index contributed by atoms with van der Waals surface area (Å²) in [5.74, 6) is 1.46. The molecule has 25 heavy (non-hydrogen) atoms. The third-order valence-electron chi connectivity index (χ3n) is 4.75. The summed E-state index contributed by atoms with van der Waals surface area (Å²) in [5.41, 5.74) is 2.44. The standard InChI is InChI=1S/C19H26N4O2/c1-5-6-11-21-12-22(16-9-7-8-10-17(16)25-4)19-20-15(3)14(2)18(24)23(19)13-21/h7-10H,5-6,11-13H2,1-4H3. The molecule has 1 aliphatic rings. The normalized spacial score (nSPS) is 14.5. The van der Waals surface area contributed by atoms with Gasteiger partial charge in [0.1, 0.15) is 5.75 Å². The van der Waals surface area contributed by atoms with Gasteiger partial charge in [0, 0.05) is 17.8 Å². The fourth-order valence-corrected chi connectivity index (χ4v) is 3.14. The van der Waals surface area contributed by atoms with Gasteiger partial charge in [0.25, 0.3) is 5.56 Å². The molecule has 0 amide bonds. The maximum Gasteiger partial charge on any atom is 0.259 e. The lowest BCUT2D eigenvalue weighted by atomic mass is 10.2. The fraction of sp³-hybridized carbons (Fsp3) is 0.474. The van der Waals surface area contributed by atoms with Crippen LogP contribution in [0, 0.1) is 13.8 Å². The first-order valence-corrected chi connectivity index (χ1v) is 8.77. The monoisotopic (exact) mass is 342 g/mol. The van der Waals surface area contributed by atoms with Crippen LogP contribution in [0.15, 0.2) is 29.1 Å². The molecule has 1 aromatic carbocycles. The predicted molar refractivity (Wildman–Crippen MR) is 99.6 cm³/mol. The fourth-order valence-electron chi connectivity index (χ4n) is 3.14. The van der Waals surface area contributed by atoms with E-state index in [0.717, 1.165) is 36.5 Å². The molecule has 3 rings (SSSR count). The van der Waals surface area contributed by atoms with Crippen molar-refractivity contribution in [3.63, 3.8) is 0 Å². The van der Waals surface area contributed by atoms with Crippen molar-refractivity contribution in [3.8, 4) is 5.75 Å². The second kappa shape index (κ2) is 7.27. The van der Waals surface area contributed by atoms with Crippen LogP contribution >= 0.6 is 0 Å². The summed E-state index contributed by atoms with van der Waals surface area (Å²) in [6.07, 6.45) is 2.22. The zero-order chi connectivity index (χ0) is 18.0. The molecule has 0 saturated carbocycles. The van der Waals surface area contributed by atoms with Crippen LogP contribution in [0.25, 0.3) is 0 Å². The van der Waals surface area contributed by atoms with Crippen molar-refractivity contribution in [2.45, 2.75) is 40.3 Å². The number of methoxy groups -OCH3 is 1. The van der Waals surface area contributed by atoms with E-state index in [2.05, 4.69) is 16.7 Å². The third-order valence-corrected chi connectivity index (χ3v) is 4.75. The van der Waals surface area contributed by atoms with Gasteiger partial charge in [-0.05, 0) is 32.4 Å². The highest BCUT2D eigenvalue weighted by Crippen LogP contribution is 2.34. The summed E-state index contributed by atoms with van der Waals surface area (Å²) in [4.78, 5) is 21.9. The Morgan fingerprint density at radius 2 is 1.96 bits per heavy atom. The van der Waals surface area contributed by atoms with E-state index < -0.39 is 0 Å². The Hall–Kier alpha value is -2.34. The summed E-state index contributed by atoms with van der Waals surface area (Å²) in [6.45, 7) is 8.12. The van der Waals surface area contributed by atoms with E-state index in [1.807, 2.05) is 38.1 Å². The molecule has 0 atom stereocenters. The first-order chi connectivity index (χ1) is 12.1. The highest BCUT2D eigenvalue weighted by Gasteiger charge is 2.28. The zero-order valence-corrected chi connectivity index (χ0v) is 15.5. The molecule has 6 nitrogen and oxygen atoms in total. The van der Waals surface area contributed by atoms with Gasteiger partial charge in [0.05, 0.1) is 26.1 Å². The molecule has 1 aromatic heterocycles. The number of anilines is 2. The smallest absolute Gasteiger partial charge is 0.259 e. The number of unbranched alkanes of at least 4 members (excludes halogenated alkanes) is 1. The number of hydrogen-bond donors (Lipinski definition) is 0. The minimum absolute atomic E-state index is 0.0311. The van der Waals surface area contributed by atoms with Gasteiger partial charge in [0.15, 0.2) is 0 Å². The van der Waals surface area contributed by atoms with Crippen LogP contribution in [0.2, 0.25) is 0 Å². The molecule has 1 aliphatic heterocycles. The second-order valence-corrected chi connectivity index (χ2v) is 6.49. The van der Waals surface area contributed by atoms with E-state index in [1.165, 1.54) is 0 Å². The Labute approximate surface area is 148 Å². The Morgan fingerprint density at radius 3 is 2.68 bits per heavy atom. The lowest BCUT2D eigenvalue weighted by Crippen LogP contribution is -2.48. The summed E-state index contributed by atoms with van der Waals surface area (Å²) in [7, 11) is 1.67. The molecule has 0 spiro atoms. The number of ether oxygens (including phenoxy) is 1. The first-order valence-electron chi connectivity index (χ1n) is 8.77. The molecule has 6 heteroatoms. The molecule has 0 N–H and O–H groups in total. The van der Waals surface area contributed by atoms with E-state index in [4.69, 9.17) is 9.72 Å². The van der Waals surface area contributed by atoms with Gasteiger partial charge in [-0.25, -0.2) is 4.98 Å². The van der Waals surface area contributed by atoms with E-state index in [1.54, 1.807) is 11.7 Å². The van der Waals surface area contributed by atoms with Crippen LogP contribution in [0.4, 0.5) is 11.6 Å². The van der Waals surface area contributed by atoms with Gasteiger partial charge >= 0.3 is 0 Å². The molecule has 0 saturated heterocycles. The topological polar surface area (TPSA) is 50.6 Å². The van der Waals surface area contributed by atoms with E-state index >= 15 is 0 Å². The minimum atomic E-state index is 0.0311. The van der Waals surface area contributed by atoms with E-state index in [9.17, 15) is 4.79 Å². The number of nitrogens with zero attached hydrogens (tertiary/aromatic N) is 4. The highest BCUT2D eigenvalue weighted by atomic mass is 16.5. The molecular formula is C19H26N4O2. The molecular weight excluding hydrogens is 316 g/mol. The lowest BCUT2D eigenvalue weighted by molar-refractivity contribution is 0.195. The maximum absolute atomic E-state index is 12.8. The summed E-state index contributed by atoms with van der Waals surface area (Å²) in [5, 5.41) is 0. The minimum Gasteiger partial charge on any atom is -0.495 e. The van der Waals surface area contributed by atoms with Crippen LogP contribution in [0.1, 0.15) is 31.0 Å². The Bertz CT molecular complexity index is 816. The average molecular weight is 342 g/mol. The van der Waals surface area contributed by atoms with Gasteiger partial charge in [-0.2, -0.15) is 0 Å². The van der Waals surface area contributed by atoms with Crippen molar-refractivity contribution in [1.29, 1.82) is 0 Å². The molecule has 2 heterocycles. The van der Waals surface area contributed by atoms with Crippen molar-refractivity contribution in [1.82, 2.24) is 14.5 Å². The zero-order valence-electron chi connectivity index (χ0n) is 15.5. The first kappa shape index (κ1) is 17.5. The average Bonchev–Trinajstić information content (AvgIpc) is 2.64. The third kappa shape index (κ3) is 3.26. The highest BCUT2D eigenvalue weighted by molar-refractivity contribution is 5.66. The molecule has 2 aromatic rings. The van der Waals surface area contributed by atoms with Crippen LogP contribution in [-0.2, 0) is 6.67 Å². The summed E-state index contributed by atoms with van der Waals surface area (Å²) >= 11 is 0. The van der Waals surface area contributed by atoms with Crippen molar-refractivity contribution in [3.05, 3.63) is 45.9 Å². The van der Waals surface area contributed by atoms with Crippen LogP contribution in [0.5, 0.6) is 5.75 Å². The lowest BCUT2D eigenvalue weighted by Gasteiger charge is -2.38. The van der Waals surface area contributed by atoms with E-state index in [0.29, 0.717) is 24.8 Å². The number of aromatic nitrogens is 2. The van der Waals surface area contributed by atoms with Crippen molar-refractivity contribution < 1.29 is 4.74 Å².